The van der Waals surface area contributed by atoms with Crippen molar-refractivity contribution in [1.29, 1.82) is 0 Å². The first kappa shape index (κ1) is 24.5. The molecule has 0 spiro atoms. The summed E-state index contributed by atoms with van der Waals surface area (Å²) in [5.41, 5.74) is 2.84. The fourth-order valence-electron chi connectivity index (χ4n) is 2.86. The standard InChI is InChI=1S/C26H36O3/c1-4-5-6-7-8-9-12-20-29-25-17-11-10-16-24(25)19-18-22(2)14-13-15-23(3)21-26(27)28/h10-11,13-19,21H,4-9,12,20H2,1-3H3,(H,27,28)/b15-13+,19-18+,22-14+,23-21+. The van der Waals surface area contributed by atoms with E-state index in [9.17, 15) is 4.79 Å². The molecule has 0 heterocycles. The number of hydrogen-bond acceptors (Lipinski definition) is 2. The Labute approximate surface area is 176 Å². The van der Waals surface area contributed by atoms with Crippen LogP contribution in [0.15, 0.2) is 65.8 Å². The third-order valence-corrected chi connectivity index (χ3v) is 4.52. The van der Waals surface area contributed by atoms with Gasteiger partial charge in [0.2, 0.25) is 0 Å². The number of carbonyl (C=O) groups is 1. The molecule has 0 aromatic heterocycles. The second-order valence-electron chi connectivity index (χ2n) is 7.34. The first-order valence-electron chi connectivity index (χ1n) is 10.7. The third kappa shape index (κ3) is 12.5. The Morgan fingerprint density at radius 1 is 0.966 bits per heavy atom. The second kappa shape index (κ2) is 15.4. The van der Waals surface area contributed by atoms with Crippen molar-refractivity contribution in [3.05, 3.63) is 71.4 Å². The van der Waals surface area contributed by atoms with E-state index in [2.05, 4.69) is 19.1 Å². The number of unbranched alkanes of at least 4 members (excludes halogenated alkanes) is 6. The molecule has 1 aromatic carbocycles. The number of allylic oxidation sites excluding steroid dienone is 6. The highest BCUT2D eigenvalue weighted by atomic mass is 16.5. The summed E-state index contributed by atoms with van der Waals surface area (Å²) in [6.45, 7) is 6.78. The molecule has 0 aliphatic rings. The van der Waals surface area contributed by atoms with Crippen molar-refractivity contribution >= 4 is 12.0 Å². The van der Waals surface area contributed by atoms with Gasteiger partial charge in [-0.05, 0) is 31.9 Å². The van der Waals surface area contributed by atoms with Crippen molar-refractivity contribution < 1.29 is 14.6 Å². The Hall–Kier alpha value is -2.55. The number of rotatable bonds is 14. The van der Waals surface area contributed by atoms with Crippen LogP contribution in [0, 0.1) is 0 Å². The lowest BCUT2D eigenvalue weighted by Gasteiger charge is -2.09. The minimum Gasteiger partial charge on any atom is -0.493 e. The molecule has 0 aliphatic heterocycles. The van der Waals surface area contributed by atoms with Crippen molar-refractivity contribution in [2.45, 2.75) is 65.7 Å². The molecule has 0 saturated carbocycles. The van der Waals surface area contributed by atoms with Crippen LogP contribution in [0.2, 0.25) is 0 Å². The molecule has 158 valence electrons. The minimum atomic E-state index is -0.930. The van der Waals surface area contributed by atoms with Gasteiger partial charge in [-0.2, -0.15) is 0 Å². The van der Waals surface area contributed by atoms with Gasteiger partial charge >= 0.3 is 5.97 Å². The zero-order chi connectivity index (χ0) is 21.3. The van der Waals surface area contributed by atoms with E-state index in [0.717, 1.165) is 29.9 Å². The van der Waals surface area contributed by atoms with E-state index in [4.69, 9.17) is 9.84 Å². The number of carboxylic acids is 1. The van der Waals surface area contributed by atoms with Gasteiger partial charge in [-0.1, -0.05) is 99.6 Å². The monoisotopic (exact) mass is 396 g/mol. The van der Waals surface area contributed by atoms with Gasteiger partial charge in [0.1, 0.15) is 5.75 Å². The van der Waals surface area contributed by atoms with E-state index in [1.165, 1.54) is 44.6 Å². The van der Waals surface area contributed by atoms with Crippen molar-refractivity contribution in [3.8, 4) is 5.75 Å². The van der Waals surface area contributed by atoms with Crippen molar-refractivity contribution in [1.82, 2.24) is 0 Å². The second-order valence-corrected chi connectivity index (χ2v) is 7.34. The lowest BCUT2D eigenvalue weighted by molar-refractivity contribution is -0.131. The summed E-state index contributed by atoms with van der Waals surface area (Å²) in [6, 6.07) is 8.08. The molecular weight excluding hydrogens is 360 g/mol. The molecule has 3 nitrogen and oxygen atoms in total. The van der Waals surface area contributed by atoms with Gasteiger partial charge in [0.15, 0.2) is 0 Å². The van der Waals surface area contributed by atoms with Gasteiger partial charge in [-0.3, -0.25) is 0 Å². The first-order valence-corrected chi connectivity index (χ1v) is 10.7. The summed E-state index contributed by atoms with van der Waals surface area (Å²) in [5.74, 6) is -0.0147. The zero-order valence-corrected chi connectivity index (χ0v) is 18.2. The average molecular weight is 397 g/mol. The summed E-state index contributed by atoms with van der Waals surface area (Å²) in [6.07, 6.45) is 19.8. The molecule has 0 bridgehead atoms. The molecule has 1 aromatic rings. The van der Waals surface area contributed by atoms with Crippen molar-refractivity contribution in [2.75, 3.05) is 6.61 Å². The van der Waals surface area contributed by atoms with Gasteiger partial charge in [0, 0.05) is 11.6 Å². The van der Waals surface area contributed by atoms with Gasteiger partial charge in [0.25, 0.3) is 0 Å². The molecule has 0 saturated heterocycles. The highest BCUT2D eigenvalue weighted by Crippen LogP contribution is 2.21. The molecule has 1 N–H and O–H groups in total. The smallest absolute Gasteiger partial charge is 0.328 e. The number of para-hydroxylation sites is 1. The fourth-order valence-corrected chi connectivity index (χ4v) is 2.86. The van der Waals surface area contributed by atoms with Crippen LogP contribution >= 0.6 is 0 Å². The van der Waals surface area contributed by atoms with Crippen LogP contribution in [0.3, 0.4) is 0 Å². The van der Waals surface area contributed by atoms with Crippen molar-refractivity contribution in [2.24, 2.45) is 0 Å². The van der Waals surface area contributed by atoms with E-state index in [0.29, 0.717) is 5.57 Å². The molecule has 0 amide bonds. The highest BCUT2D eigenvalue weighted by molar-refractivity contribution is 5.81. The maximum atomic E-state index is 10.6. The van der Waals surface area contributed by atoms with E-state index >= 15 is 0 Å². The number of ether oxygens (including phenoxy) is 1. The van der Waals surface area contributed by atoms with Crippen LogP contribution in [0.5, 0.6) is 5.75 Å². The molecule has 0 aliphatic carbocycles. The molecule has 0 radical (unpaired) electrons. The van der Waals surface area contributed by atoms with E-state index in [-0.39, 0.29) is 0 Å². The SMILES string of the molecule is CCCCCCCCCOc1ccccc1/C=C/C(C)=C/C=C/C(C)=C/C(=O)O. The summed E-state index contributed by atoms with van der Waals surface area (Å²) < 4.78 is 6.00. The van der Waals surface area contributed by atoms with Gasteiger partial charge < -0.3 is 9.84 Å². The minimum absolute atomic E-state index is 0.703. The molecule has 0 atom stereocenters. The third-order valence-electron chi connectivity index (χ3n) is 4.52. The predicted molar refractivity (Wildman–Crippen MR) is 123 cm³/mol. The van der Waals surface area contributed by atoms with Crippen LogP contribution in [0.25, 0.3) is 6.08 Å². The van der Waals surface area contributed by atoms with E-state index in [1.807, 2.05) is 43.4 Å². The van der Waals surface area contributed by atoms with Crippen molar-refractivity contribution in [3.63, 3.8) is 0 Å². The maximum absolute atomic E-state index is 10.6. The highest BCUT2D eigenvalue weighted by Gasteiger charge is 2.00. The molecular formula is C26H36O3. The fraction of sp³-hybridized carbons (Fsp3) is 0.423. The lowest BCUT2D eigenvalue weighted by Crippen LogP contribution is -1.98. The van der Waals surface area contributed by atoms with Gasteiger partial charge in [-0.25, -0.2) is 4.79 Å². The Morgan fingerprint density at radius 2 is 1.66 bits per heavy atom. The molecule has 0 unspecified atom stereocenters. The summed E-state index contributed by atoms with van der Waals surface area (Å²) in [5, 5.41) is 8.72. The largest absolute Gasteiger partial charge is 0.493 e. The number of carboxylic acid groups (broad SMARTS) is 1. The zero-order valence-electron chi connectivity index (χ0n) is 18.2. The van der Waals surface area contributed by atoms with Crippen LogP contribution in [-0.2, 0) is 4.79 Å². The Bertz CT molecular complexity index is 723. The Kier molecular flexibility index (Phi) is 13.0. The molecule has 29 heavy (non-hydrogen) atoms. The van der Waals surface area contributed by atoms with E-state index in [1.54, 1.807) is 13.0 Å². The van der Waals surface area contributed by atoms with Gasteiger partial charge in [0.05, 0.1) is 6.61 Å². The molecule has 0 fully saturated rings. The van der Waals surface area contributed by atoms with Crippen LogP contribution in [0.4, 0.5) is 0 Å². The summed E-state index contributed by atoms with van der Waals surface area (Å²) in [4.78, 5) is 10.6. The normalized spacial score (nSPS) is 12.8. The summed E-state index contributed by atoms with van der Waals surface area (Å²) in [7, 11) is 0. The quantitative estimate of drug-likeness (QED) is 0.203. The first-order chi connectivity index (χ1) is 14.0. The number of aliphatic carboxylic acids is 1. The van der Waals surface area contributed by atoms with Crippen LogP contribution < -0.4 is 4.74 Å². The lowest BCUT2D eigenvalue weighted by atomic mass is 10.1. The van der Waals surface area contributed by atoms with E-state index < -0.39 is 5.97 Å². The summed E-state index contributed by atoms with van der Waals surface area (Å²) >= 11 is 0. The number of hydrogen-bond donors (Lipinski definition) is 1. The van der Waals surface area contributed by atoms with Crippen LogP contribution in [-0.4, -0.2) is 17.7 Å². The van der Waals surface area contributed by atoms with Crippen LogP contribution in [0.1, 0.15) is 71.3 Å². The van der Waals surface area contributed by atoms with Gasteiger partial charge in [-0.15, -0.1) is 0 Å². The maximum Gasteiger partial charge on any atom is 0.328 e. The average Bonchev–Trinajstić information content (AvgIpc) is 2.68. The number of benzene rings is 1. The predicted octanol–water partition coefficient (Wildman–Crippen LogP) is 7.36. The molecule has 3 heteroatoms. The Balaban J connectivity index is 2.50. The molecule has 1 rings (SSSR count). The topological polar surface area (TPSA) is 46.5 Å². The Morgan fingerprint density at radius 3 is 2.38 bits per heavy atom.